The maximum Gasteiger partial charge on any atom is 0.416 e. The van der Waals surface area contributed by atoms with Gasteiger partial charge in [-0.2, -0.15) is 13.2 Å². The molecule has 2 aromatic carbocycles. The van der Waals surface area contributed by atoms with Crippen molar-refractivity contribution < 1.29 is 22.4 Å². The average Bonchev–Trinajstić information content (AvgIpc) is 3.21. The van der Waals surface area contributed by atoms with E-state index in [1.807, 2.05) is 0 Å². The molecule has 0 spiro atoms. The zero-order valence-electron chi connectivity index (χ0n) is 16.3. The van der Waals surface area contributed by atoms with E-state index < -0.39 is 29.0 Å². The summed E-state index contributed by atoms with van der Waals surface area (Å²) in [6.45, 7) is 0. The van der Waals surface area contributed by atoms with Crippen LogP contribution in [0.25, 0.3) is 5.69 Å². The van der Waals surface area contributed by atoms with Gasteiger partial charge in [0.2, 0.25) is 5.91 Å². The number of aryl methyl sites for hydroxylation is 1. The van der Waals surface area contributed by atoms with Gasteiger partial charge in [0.25, 0.3) is 5.56 Å². The molecule has 32 heavy (non-hydrogen) atoms. The normalized spacial score (nSPS) is 13.1. The fraction of sp³-hybridized carbons (Fsp3) is 0.190. The lowest BCUT2D eigenvalue weighted by atomic mass is 10.2. The molecule has 0 bridgehead atoms. The predicted octanol–water partition coefficient (Wildman–Crippen LogP) is 4.77. The first-order chi connectivity index (χ1) is 15.2. The van der Waals surface area contributed by atoms with Gasteiger partial charge in [0.05, 0.1) is 27.6 Å². The van der Waals surface area contributed by atoms with Crippen LogP contribution in [0, 0.1) is 5.82 Å². The highest BCUT2D eigenvalue weighted by atomic mass is 32.2. The third kappa shape index (κ3) is 4.83. The first-order valence-electron chi connectivity index (χ1n) is 9.37. The number of benzene rings is 2. The molecule has 1 amide bonds. The molecule has 166 valence electrons. The van der Waals surface area contributed by atoms with Gasteiger partial charge >= 0.3 is 6.18 Å². The van der Waals surface area contributed by atoms with Gasteiger partial charge in [0.15, 0.2) is 5.16 Å². The summed E-state index contributed by atoms with van der Waals surface area (Å²) >= 11 is 2.23. The molecular formula is C21H15F4N3O2S2. The van der Waals surface area contributed by atoms with Crippen LogP contribution >= 0.6 is 23.5 Å². The lowest BCUT2D eigenvalue weighted by Gasteiger charge is -2.15. The standard InChI is InChI=1S/C21H15F4N3O2S2/c22-13-4-2-5-14(10-13)26-17(29)11-32-20-27-16-7-8-31-18(16)19(30)28(20)15-6-1-3-12(9-15)21(23,24)25/h1-6,9-10H,7-8,11H2,(H,26,29). The Morgan fingerprint density at radius 2 is 1.97 bits per heavy atom. The SMILES string of the molecule is O=C(CSc1nc2c(c(=O)n1-c1cccc(C(F)(F)F)c1)SCC2)Nc1cccc(F)c1. The van der Waals surface area contributed by atoms with Crippen LogP contribution < -0.4 is 10.9 Å². The molecule has 0 aliphatic carbocycles. The highest BCUT2D eigenvalue weighted by Crippen LogP contribution is 2.33. The van der Waals surface area contributed by atoms with Gasteiger partial charge in [-0.3, -0.25) is 14.2 Å². The third-order valence-electron chi connectivity index (χ3n) is 4.54. The second kappa shape index (κ2) is 8.99. The first kappa shape index (κ1) is 22.4. The lowest BCUT2D eigenvalue weighted by Crippen LogP contribution is -2.25. The summed E-state index contributed by atoms with van der Waals surface area (Å²) in [6.07, 6.45) is -4.02. The van der Waals surface area contributed by atoms with E-state index in [1.54, 1.807) is 0 Å². The summed E-state index contributed by atoms with van der Waals surface area (Å²) in [7, 11) is 0. The highest BCUT2D eigenvalue weighted by Gasteiger charge is 2.31. The van der Waals surface area contributed by atoms with Crippen molar-refractivity contribution in [3.8, 4) is 5.69 Å². The fourth-order valence-electron chi connectivity index (χ4n) is 3.13. The highest BCUT2D eigenvalue weighted by molar-refractivity contribution is 8.00. The number of carbonyl (C=O) groups excluding carboxylic acids is 1. The number of alkyl halides is 3. The molecule has 0 saturated heterocycles. The Kier molecular flexibility index (Phi) is 6.29. The molecule has 1 aromatic heterocycles. The molecule has 0 fully saturated rings. The molecule has 0 saturated carbocycles. The van der Waals surface area contributed by atoms with Gasteiger partial charge in [-0.25, -0.2) is 9.37 Å². The number of hydrogen-bond donors (Lipinski definition) is 1. The smallest absolute Gasteiger partial charge is 0.325 e. The summed E-state index contributed by atoms with van der Waals surface area (Å²) in [4.78, 5) is 30.3. The van der Waals surface area contributed by atoms with E-state index >= 15 is 0 Å². The largest absolute Gasteiger partial charge is 0.416 e. The number of hydrogen-bond acceptors (Lipinski definition) is 5. The van der Waals surface area contributed by atoms with Gasteiger partial charge in [0, 0.05) is 17.9 Å². The van der Waals surface area contributed by atoms with Crippen LogP contribution in [0.4, 0.5) is 23.2 Å². The molecule has 11 heteroatoms. The molecule has 1 aliphatic rings. The number of amides is 1. The molecule has 1 N–H and O–H groups in total. The third-order valence-corrected chi connectivity index (χ3v) is 6.58. The molecule has 1 aliphatic heterocycles. The number of aromatic nitrogens is 2. The molecular weight excluding hydrogens is 466 g/mol. The molecule has 3 aromatic rings. The maximum atomic E-state index is 13.3. The van der Waals surface area contributed by atoms with Crippen molar-refractivity contribution >= 4 is 35.1 Å². The van der Waals surface area contributed by atoms with Crippen LogP contribution in [0.1, 0.15) is 11.3 Å². The Balaban J connectivity index is 1.66. The number of nitrogens with zero attached hydrogens (tertiary/aromatic N) is 2. The number of fused-ring (bicyclic) bond motifs is 1. The van der Waals surface area contributed by atoms with Gasteiger partial charge in [-0.05, 0) is 36.4 Å². The minimum Gasteiger partial charge on any atom is -0.325 e. The Labute approximate surface area is 188 Å². The number of rotatable bonds is 5. The van der Waals surface area contributed by atoms with Crippen LogP contribution in [0.2, 0.25) is 0 Å². The van der Waals surface area contributed by atoms with Crippen molar-refractivity contribution in [1.29, 1.82) is 0 Å². The van der Waals surface area contributed by atoms with Crippen molar-refractivity contribution in [3.05, 3.63) is 76.0 Å². The summed E-state index contributed by atoms with van der Waals surface area (Å²) in [6, 6.07) is 9.78. The number of nitrogens with one attached hydrogen (secondary N) is 1. The number of anilines is 1. The summed E-state index contributed by atoms with van der Waals surface area (Å²) < 4.78 is 54.0. The van der Waals surface area contributed by atoms with Crippen molar-refractivity contribution in [2.45, 2.75) is 22.6 Å². The Hall–Kier alpha value is -2.79. The van der Waals surface area contributed by atoms with E-state index in [2.05, 4.69) is 10.3 Å². The summed E-state index contributed by atoms with van der Waals surface area (Å²) in [5, 5.41) is 2.66. The van der Waals surface area contributed by atoms with Crippen molar-refractivity contribution in [3.63, 3.8) is 0 Å². The first-order valence-corrected chi connectivity index (χ1v) is 11.3. The van der Waals surface area contributed by atoms with Gasteiger partial charge in [0.1, 0.15) is 5.82 Å². The monoisotopic (exact) mass is 481 g/mol. The van der Waals surface area contributed by atoms with E-state index in [0.717, 1.165) is 34.5 Å². The molecule has 2 heterocycles. The van der Waals surface area contributed by atoms with Crippen LogP contribution in [-0.4, -0.2) is 27.0 Å². The topological polar surface area (TPSA) is 64.0 Å². The zero-order valence-corrected chi connectivity index (χ0v) is 17.9. The summed E-state index contributed by atoms with van der Waals surface area (Å²) in [5.74, 6) is -0.505. The van der Waals surface area contributed by atoms with Gasteiger partial charge in [-0.1, -0.05) is 23.9 Å². The van der Waals surface area contributed by atoms with Crippen molar-refractivity contribution in [2.75, 3.05) is 16.8 Å². The second-order valence-corrected chi connectivity index (χ2v) is 8.85. The Morgan fingerprint density at radius 3 is 2.72 bits per heavy atom. The van der Waals surface area contributed by atoms with Gasteiger partial charge in [-0.15, -0.1) is 11.8 Å². The van der Waals surface area contributed by atoms with Crippen molar-refractivity contribution in [2.24, 2.45) is 0 Å². The quantitative estimate of drug-likeness (QED) is 0.323. The van der Waals surface area contributed by atoms with Crippen molar-refractivity contribution in [1.82, 2.24) is 9.55 Å². The number of halogens is 4. The summed E-state index contributed by atoms with van der Waals surface area (Å²) in [5.41, 5.74) is -0.513. The predicted molar refractivity (Wildman–Crippen MR) is 115 cm³/mol. The van der Waals surface area contributed by atoms with E-state index in [4.69, 9.17) is 0 Å². The second-order valence-electron chi connectivity index (χ2n) is 6.80. The van der Waals surface area contributed by atoms with E-state index in [0.29, 0.717) is 22.8 Å². The van der Waals surface area contributed by atoms with Gasteiger partial charge < -0.3 is 5.32 Å². The lowest BCUT2D eigenvalue weighted by molar-refractivity contribution is -0.137. The van der Waals surface area contributed by atoms with Crippen LogP contribution in [-0.2, 0) is 17.4 Å². The number of carbonyl (C=O) groups is 1. The Bertz CT molecular complexity index is 1240. The maximum absolute atomic E-state index is 13.3. The number of thioether (sulfide) groups is 2. The molecule has 5 nitrogen and oxygen atoms in total. The Morgan fingerprint density at radius 1 is 1.19 bits per heavy atom. The molecule has 0 atom stereocenters. The van der Waals surface area contributed by atoms with E-state index in [-0.39, 0.29) is 22.3 Å². The minimum atomic E-state index is -4.57. The molecule has 0 unspecified atom stereocenters. The molecule has 0 radical (unpaired) electrons. The van der Waals surface area contributed by atoms with E-state index in [1.165, 1.54) is 42.1 Å². The van der Waals surface area contributed by atoms with E-state index in [9.17, 15) is 27.2 Å². The average molecular weight is 481 g/mol. The van der Waals surface area contributed by atoms with Crippen LogP contribution in [0.3, 0.4) is 0 Å². The minimum absolute atomic E-state index is 0.0145. The van der Waals surface area contributed by atoms with Crippen LogP contribution in [0.15, 0.2) is 63.4 Å². The molecule has 4 rings (SSSR count). The van der Waals surface area contributed by atoms with Crippen LogP contribution in [0.5, 0.6) is 0 Å². The zero-order chi connectivity index (χ0) is 22.9. The fourth-order valence-corrected chi connectivity index (χ4v) is 4.98.